The van der Waals surface area contributed by atoms with E-state index in [1.54, 1.807) is 0 Å². The monoisotopic (exact) mass is 911 g/mol. The Morgan fingerprint density at radius 3 is 1.41 bits per heavy atom. The number of phosphoric acid groups is 1. The maximum Gasteiger partial charge on any atom is 0.472 e. The van der Waals surface area contributed by atoms with Gasteiger partial charge in [-0.2, -0.15) is 0 Å². The number of ether oxygens (including phenoxy) is 2. The van der Waals surface area contributed by atoms with E-state index in [2.05, 4.69) is 86.8 Å². The molecule has 1 aliphatic rings. The summed E-state index contributed by atoms with van der Waals surface area (Å²) < 4.78 is 33.5. The van der Waals surface area contributed by atoms with E-state index in [4.69, 9.17) is 18.5 Å². The maximum atomic E-state index is 12.8. The molecule has 1 rings (SSSR count). The molecule has 0 aromatic rings. The number of aliphatic hydroxyl groups excluding tert-OH is 5. The Morgan fingerprint density at radius 2 is 0.905 bits per heavy atom. The first-order chi connectivity index (χ1) is 30.4. The van der Waals surface area contributed by atoms with Gasteiger partial charge in [-0.1, -0.05) is 145 Å². The molecule has 362 valence electrons. The first-order valence-electron chi connectivity index (χ1n) is 23.7. The molecule has 0 radical (unpaired) electrons. The van der Waals surface area contributed by atoms with Crippen LogP contribution in [0, 0.1) is 0 Å². The molecule has 14 heteroatoms. The third-order valence-electron chi connectivity index (χ3n) is 10.5. The highest BCUT2D eigenvalue weighted by atomic mass is 31.2. The molecule has 63 heavy (non-hydrogen) atoms. The zero-order chi connectivity index (χ0) is 46.4. The average Bonchev–Trinajstić information content (AvgIpc) is 3.26. The quantitative estimate of drug-likeness (QED) is 0.0148. The molecular weight excluding hydrogens is 827 g/mol. The van der Waals surface area contributed by atoms with Crippen LogP contribution in [0.25, 0.3) is 0 Å². The molecule has 0 heterocycles. The predicted molar refractivity (Wildman–Crippen MR) is 249 cm³/mol. The molecule has 6 N–H and O–H groups in total. The predicted octanol–water partition coefficient (Wildman–Crippen LogP) is 9.50. The molecule has 0 aromatic heterocycles. The lowest BCUT2D eigenvalue weighted by molar-refractivity contribution is -0.220. The lowest BCUT2D eigenvalue weighted by Crippen LogP contribution is -2.64. The summed E-state index contributed by atoms with van der Waals surface area (Å²) in [6.45, 7) is 3.14. The minimum atomic E-state index is -5.13. The van der Waals surface area contributed by atoms with Gasteiger partial charge in [-0.15, -0.1) is 0 Å². The normalized spacial score (nSPS) is 22.3. The molecule has 8 atom stereocenters. The van der Waals surface area contributed by atoms with Crippen LogP contribution in [0.1, 0.15) is 168 Å². The van der Waals surface area contributed by atoms with Crippen molar-refractivity contribution >= 4 is 19.8 Å². The van der Waals surface area contributed by atoms with Gasteiger partial charge in [-0.05, 0) is 83.5 Å². The zero-order valence-corrected chi connectivity index (χ0v) is 39.2. The number of hydrogen-bond acceptors (Lipinski definition) is 12. The summed E-state index contributed by atoms with van der Waals surface area (Å²) in [6.07, 6.45) is 35.2. The van der Waals surface area contributed by atoms with Crippen molar-refractivity contribution in [3.63, 3.8) is 0 Å². The molecule has 0 aromatic carbocycles. The minimum Gasteiger partial charge on any atom is -0.462 e. The van der Waals surface area contributed by atoms with E-state index in [0.717, 1.165) is 103 Å². The first-order valence-corrected chi connectivity index (χ1v) is 25.2. The van der Waals surface area contributed by atoms with Crippen LogP contribution >= 0.6 is 7.82 Å². The topological polar surface area (TPSA) is 210 Å². The van der Waals surface area contributed by atoms with Crippen LogP contribution in [-0.4, -0.2) is 98.3 Å². The Labute approximate surface area is 378 Å². The molecule has 0 saturated heterocycles. The van der Waals surface area contributed by atoms with Crippen molar-refractivity contribution in [1.29, 1.82) is 0 Å². The number of aliphatic hydroxyl groups is 5. The minimum absolute atomic E-state index is 0.0806. The molecule has 0 spiro atoms. The Kier molecular flexibility index (Phi) is 35.7. The Bertz CT molecular complexity index is 1380. The molecule has 6 unspecified atom stereocenters. The number of allylic oxidation sites excluding steroid dienone is 12. The highest BCUT2D eigenvalue weighted by Gasteiger charge is 2.51. The summed E-state index contributed by atoms with van der Waals surface area (Å²) >= 11 is 0. The number of unbranched alkanes of at least 4 members (excludes halogenated alkanes) is 14. The van der Waals surface area contributed by atoms with E-state index < -0.39 is 75.7 Å². The van der Waals surface area contributed by atoms with E-state index in [9.17, 15) is 44.6 Å². The molecule has 13 nitrogen and oxygen atoms in total. The number of carbonyl (C=O) groups is 2. The van der Waals surface area contributed by atoms with Gasteiger partial charge >= 0.3 is 19.8 Å². The highest BCUT2D eigenvalue weighted by Crippen LogP contribution is 2.47. The molecule has 1 fully saturated rings. The number of hydrogen-bond donors (Lipinski definition) is 6. The molecule has 1 aliphatic carbocycles. The third-order valence-corrected chi connectivity index (χ3v) is 11.5. The standard InChI is InChI=1S/C49H83O13P/c1-3-5-7-9-11-13-15-17-19-20-21-22-24-25-27-29-31-33-35-37-42(50)59-39-41(40-60-63(57,58)62-49-47(55)45(53)44(52)46(54)48(49)56)61-43(51)38-36-34-32-30-28-26-23-18-16-14-12-10-8-6-4-2/h5,7,11,13-14,16-17,19,21-22,25,27,41,44-49,52-56H,3-4,6,8-10,12,15,18,20,23-24,26,28-40H2,1-2H3,(H,57,58)/b7-5+,13-11+,16-14+,19-17+,22-21+,27-25+/t41-,44?,45-,46?,47?,48?,49?/m0/s1. The number of phosphoric ester groups is 1. The summed E-state index contributed by atoms with van der Waals surface area (Å²) in [5.41, 5.74) is 0. The number of rotatable bonds is 38. The van der Waals surface area contributed by atoms with Crippen LogP contribution in [0.2, 0.25) is 0 Å². The molecule has 0 amide bonds. The Balaban J connectivity index is 2.48. The van der Waals surface area contributed by atoms with E-state index in [-0.39, 0.29) is 12.8 Å². The van der Waals surface area contributed by atoms with Gasteiger partial charge in [0.05, 0.1) is 6.61 Å². The largest absolute Gasteiger partial charge is 0.472 e. The molecule has 0 aliphatic heterocycles. The summed E-state index contributed by atoms with van der Waals surface area (Å²) in [5.74, 6) is -1.15. The fourth-order valence-electron chi connectivity index (χ4n) is 6.72. The van der Waals surface area contributed by atoms with Gasteiger partial charge in [0, 0.05) is 12.8 Å². The average molecular weight is 911 g/mol. The molecule has 0 bridgehead atoms. The number of esters is 2. The van der Waals surface area contributed by atoms with Crippen LogP contribution < -0.4 is 0 Å². The van der Waals surface area contributed by atoms with Gasteiger partial charge in [0.15, 0.2) is 6.10 Å². The fourth-order valence-corrected chi connectivity index (χ4v) is 7.69. The smallest absolute Gasteiger partial charge is 0.462 e. The van der Waals surface area contributed by atoms with Crippen molar-refractivity contribution in [3.05, 3.63) is 72.9 Å². The maximum absolute atomic E-state index is 12.8. The summed E-state index contributed by atoms with van der Waals surface area (Å²) in [6, 6.07) is 0. The summed E-state index contributed by atoms with van der Waals surface area (Å²) in [7, 11) is -5.13. The lowest BCUT2D eigenvalue weighted by atomic mass is 9.85. The molecule has 1 saturated carbocycles. The van der Waals surface area contributed by atoms with Gasteiger partial charge < -0.3 is 39.9 Å². The Hall–Kier alpha value is -2.71. The second-order valence-corrected chi connectivity index (χ2v) is 17.6. The van der Waals surface area contributed by atoms with Crippen molar-refractivity contribution in [3.8, 4) is 0 Å². The van der Waals surface area contributed by atoms with Gasteiger partial charge in [0.25, 0.3) is 0 Å². The second kappa shape index (κ2) is 38.5. The van der Waals surface area contributed by atoms with Crippen molar-refractivity contribution in [2.75, 3.05) is 13.2 Å². The van der Waals surface area contributed by atoms with Gasteiger partial charge in [0.2, 0.25) is 0 Å². The van der Waals surface area contributed by atoms with Crippen molar-refractivity contribution < 1.29 is 63.1 Å². The SMILES string of the molecule is CC/C=C/C/C=C/C/C=C/C/C=C/C/C=C/CCCCCC(=O)OC[C@@H](COP(=O)(O)OC1C(O)C(O)C(O)[C@H](O)C1O)OC(=O)CCCCCCCCC/C=C/CCCCCC. The van der Waals surface area contributed by atoms with Gasteiger partial charge in [-0.25, -0.2) is 4.57 Å². The second-order valence-electron chi connectivity index (χ2n) is 16.2. The van der Waals surface area contributed by atoms with Crippen LogP contribution in [0.3, 0.4) is 0 Å². The molecular formula is C49H83O13P. The van der Waals surface area contributed by atoms with E-state index in [1.165, 1.54) is 25.7 Å². The first kappa shape index (κ1) is 58.3. The summed E-state index contributed by atoms with van der Waals surface area (Å²) in [5, 5.41) is 50.2. The fraction of sp³-hybridized carbons (Fsp3) is 0.714. The highest BCUT2D eigenvalue weighted by molar-refractivity contribution is 7.47. The van der Waals surface area contributed by atoms with Crippen molar-refractivity contribution in [2.45, 2.75) is 211 Å². The summed E-state index contributed by atoms with van der Waals surface area (Å²) in [4.78, 5) is 35.7. The van der Waals surface area contributed by atoms with Gasteiger partial charge in [-0.3, -0.25) is 18.6 Å². The van der Waals surface area contributed by atoms with Crippen LogP contribution in [0.15, 0.2) is 72.9 Å². The van der Waals surface area contributed by atoms with Crippen molar-refractivity contribution in [1.82, 2.24) is 0 Å². The van der Waals surface area contributed by atoms with Crippen LogP contribution in [-0.2, 0) is 32.7 Å². The van der Waals surface area contributed by atoms with Crippen molar-refractivity contribution in [2.24, 2.45) is 0 Å². The van der Waals surface area contributed by atoms with E-state index in [0.29, 0.717) is 12.8 Å². The third kappa shape index (κ3) is 31.0. The van der Waals surface area contributed by atoms with Gasteiger partial charge in [0.1, 0.15) is 43.2 Å². The Morgan fingerprint density at radius 1 is 0.508 bits per heavy atom. The lowest BCUT2D eigenvalue weighted by Gasteiger charge is -2.41. The van der Waals surface area contributed by atoms with E-state index >= 15 is 0 Å². The zero-order valence-electron chi connectivity index (χ0n) is 38.3. The van der Waals surface area contributed by atoms with Crippen LogP contribution in [0.4, 0.5) is 0 Å². The number of carbonyl (C=O) groups excluding carboxylic acids is 2. The van der Waals surface area contributed by atoms with E-state index in [1.807, 2.05) is 0 Å². The van der Waals surface area contributed by atoms with Crippen LogP contribution in [0.5, 0.6) is 0 Å².